The predicted octanol–water partition coefficient (Wildman–Crippen LogP) is 3.15. The molecule has 0 radical (unpaired) electrons. The van der Waals surface area contributed by atoms with Gasteiger partial charge in [-0.1, -0.05) is 6.42 Å². The third-order valence-electron chi connectivity index (χ3n) is 3.47. The van der Waals surface area contributed by atoms with Crippen molar-refractivity contribution in [3.63, 3.8) is 0 Å². The summed E-state index contributed by atoms with van der Waals surface area (Å²) in [5, 5.41) is 0. The topological polar surface area (TPSA) is 71.1 Å². The molecule has 0 aromatic rings. The molecule has 1 unspecified atom stereocenters. The second kappa shape index (κ2) is 10.5. The number of rotatable bonds is 11. The van der Waals surface area contributed by atoms with Crippen LogP contribution in [0.5, 0.6) is 0 Å². The quantitative estimate of drug-likeness (QED) is 0.430. The first-order valence-corrected chi connectivity index (χ1v) is 9.28. The second-order valence-corrected chi connectivity index (χ2v) is 7.42. The van der Waals surface area contributed by atoms with Crippen molar-refractivity contribution in [2.24, 2.45) is 0 Å². The number of Topliss-reactive ketones (excluding diaryl/α,β-unsaturated/α-hetero) is 1. The Morgan fingerprint density at radius 3 is 2.57 bits per heavy atom. The summed E-state index contributed by atoms with van der Waals surface area (Å²) in [5.41, 5.74) is 0. The maximum absolute atomic E-state index is 11.8. The van der Waals surface area contributed by atoms with Crippen LogP contribution < -0.4 is 0 Å². The Bertz CT molecular complexity index is 332. The van der Waals surface area contributed by atoms with Crippen LogP contribution in [0.3, 0.4) is 0 Å². The third-order valence-corrected chi connectivity index (χ3v) is 5.32. The summed E-state index contributed by atoms with van der Waals surface area (Å²) in [5.74, 6) is -0.0847. The fourth-order valence-corrected chi connectivity index (χ4v) is 3.15. The highest BCUT2D eigenvalue weighted by Crippen LogP contribution is 2.46. The summed E-state index contributed by atoms with van der Waals surface area (Å²) >= 11 is 0. The molecule has 0 aromatic heterocycles. The van der Waals surface area contributed by atoms with Crippen molar-refractivity contribution < 1.29 is 27.9 Å². The zero-order valence-electron chi connectivity index (χ0n) is 13.0. The maximum atomic E-state index is 11.8. The molecule has 1 aliphatic heterocycles. The van der Waals surface area contributed by atoms with Gasteiger partial charge in [-0.25, -0.2) is 0 Å². The van der Waals surface area contributed by atoms with Crippen LogP contribution in [-0.2, 0) is 27.9 Å². The van der Waals surface area contributed by atoms with Crippen molar-refractivity contribution in [2.45, 2.75) is 51.2 Å². The molecule has 0 amide bonds. The van der Waals surface area contributed by atoms with E-state index in [0.29, 0.717) is 13.0 Å². The summed E-state index contributed by atoms with van der Waals surface area (Å²) in [6.45, 7) is 1.45. The molecule has 0 saturated carbocycles. The number of hydrogen-bond acceptors (Lipinski definition) is 6. The highest BCUT2D eigenvalue weighted by molar-refractivity contribution is 7.54. The number of ketones is 1. The summed E-state index contributed by atoms with van der Waals surface area (Å²) in [4.78, 5) is 11.7. The van der Waals surface area contributed by atoms with Gasteiger partial charge in [-0.3, -0.25) is 9.36 Å². The Morgan fingerprint density at radius 1 is 1.19 bits per heavy atom. The average Bonchev–Trinajstić information content (AvgIpc) is 2.51. The van der Waals surface area contributed by atoms with Gasteiger partial charge in [0.1, 0.15) is 11.9 Å². The SMILES string of the molecule is COP(=O)(CC(=O)CCCCCOC1CCCCO1)OC. The van der Waals surface area contributed by atoms with Crippen LogP contribution in [0.15, 0.2) is 0 Å². The second-order valence-electron chi connectivity index (χ2n) is 5.15. The lowest BCUT2D eigenvalue weighted by Crippen LogP contribution is -2.22. The molecular formula is C14H27O6P. The first-order chi connectivity index (χ1) is 10.1. The molecule has 0 bridgehead atoms. The Hall–Kier alpha value is -0.260. The first kappa shape index (κ1) is 18.8. The number of carbonyl (C=O) groups is 1. The highest BCUT2D eigenvalue weighted by Gasteiger charge is 2.24. The Kier molecular flexibility index (Phi) is 9.36. The zero-order valence-corrected chi connectivity index (χ0v) is 13.9. The Labute approximate surface area is 127 Å². The molecule has 0 N–H and O–H groups in total. The molecule has 1 rings (SSSR count). The van der Waals surface area contributed by atoms with Gasteiger partial charge in [0.2, 0.25) is 0 Å². The van der Waals surface area contributed by atoms with Gasteiger partial charge in [0.15, 0.2) is 6.29 Å². The molecule has 1 atom stereocenters. The molecule has 0 aromatic carbocycles. The van der Waals surface area contributed by atoms with Gasteiger partial charge in [0, 0.05) is 33.9 Å². The van der Waals surface area contributed by atoms with Crippen molar-refractivity contribution in [3.05, 3.63) is 0 Å². The van der Waals surface area contributed by atoms with Gasteiger partial charge < -0.3 is 18.5 Å². The summed E-state index contributed by atoms with van der Waals surface area (Å²) in [6, 6.07) is 0. The normalized spacial score (nSPS) is 19.6. The standard InChI is InChI=1S/C14H27O6P/c1-17-21(16,18-2)12-13(15)8-4-3-6-10-19-14-9-5-7-11-20-14/h14H,3-12H2,1-2H3. The Morgan fingerprint density at radius 2 is 1.95 bits per heavy atom. The van der Waals surface area contributed by atoms with E-state index in [1.54, 1.807) is 0 Å². The van der Waals surface area contributed by atoms with E-state index < -0.39 is 7.60 Å². The largest absolute Gasteiger partial charge is 0.353 e. The minimum atomic E-state index is -3.21. The van der Waals surface area contributed by atoms with Crippen LogP contribution in [0.1, 0.15) is 44.9 Å². The van der Waals surface area contributed by atoms with Gasteiger partial charge in [-0.15, -0.1) is 0 Å². The molecule has 1 saturated heterocycles. The molecule has 1 aliphatic rings. The minimum absolute atomic E-state index is 0.0466. The molecular weight excluding hydrogens is 295 g/mol. The van der Waals surface area contributed by atoms with Crippen LogP contribution >= 0.6 is 7.60 Å². The summed E-state index contributed by atoms with van der Waals surface area (Å²) in [6.07, 6.45) is 6.04. The minimum Gasteiger partial charge on any atom is -0.353 e. The van der Waals surface area contributed by atoms with Gasteiger partial charge in [0.05, 0.1) is 0 Å². The third kappa shape index (κ3) is 8.07. The lowest BCUT2D eigenvalue weighted by Gasteiger charge is -2.22. The molecule has 7 heteroatoms. The highest BCUT2D eigenvalue weighted by atomic mass is 31.2. The van der Waals surface area contributed by atoms with E-state index in [9.17, 15) is 9.36 Å². The van der Waals surface area contributed by atoms with Crippen LogP contribution in [-0.4, -0.2) is 45.7 Å². The number of hydrogen-bond donors (Lipinski definition) is 0. The van der Waals surface area contributed by atoms with Gasteiger partial charge >= 0.3 is 7.60 Å². The van der Waals surface area contributed by atoms with Gasteiger partial charge in [0.25, 0.3) is 0 Å². The summed E-state index contributed by atoms with van der Waals surface area (Å²) < 4.78 is 32.3. The average molecular weight is 322 g/mol. The summed E-state index contributed by atoms with van der Waals surface area (Å²) in [7, 11) is -0.620. The van der Waals surface area contributed by atoms with E-state index in [4.69, 9.17) is 18.5 Å². The fraction of sp³-hybridized carbons (Fsp3) is 0.929. The first-order valence-electron chi connectivity index (χ1n) is 7.55. The van der Waals surface area contributed by atoms with Crippen molar-refractivity contribution in [2.75, 3.05) is 33.6 Å². The fourth-order valence-electron chi connectivity index (χ4n) is 2.16. The van der Waals surface area contributed by atoms with Gasteiger partial charge in [-0.05, 0) is 32.1 Å². The van der Waals surface area contributed by atoms with E-state index in [-0.39, 0.29) is 18.2 Å². The number of carbonyl (C=O) groups excluding carboxylic acids is 1. The van der Waals surface area contributed by atoms with Crippen molar-refractivity contribution >= 4 is 13.4 Å². The molecule has 1 fully saturated rings. The Balaban J connectivity index is 2.00. The maximum Gasteiger partial charge on any atom is 0.337 e. The van der Waals surface area contributed by atoms with E-state index in [0.717, 1.165) is 45.1 Å². The predicted molar refractivity (Wildman–Crippen MR) is 79.5 cm³/mol. The van der Waals surface area contributed by atoms with Crippen LogP contribution in [0, 0.1) is 0 Å². The van der Waals surface area contributed by atoms with Crippen molar-refractivity contribution in [1.29, 1.82) is 0 Å². The van der Waals surface area contributed by atoms with Gasteiger partial charge in [-0.2, -0.15) is 0 Å². The molecule has 0 aliphatic carbocycles. The van der Waals surface area contributed by atoms with Crippen LogP contribution in [0.4, 0.5) is 0 Å². The van der Waals surface area contributed by atoms with Crippen molar-refractivity contribution in [3.8, 4) is 0 Å². The molecule has 124 valence electrons. The number of unbranched alkanes of at least 4 members (excludes halogenated alkanes) is 2. The molecule has 6 nitrogen and oxygen atoms in total. The zero-order chi connectivity index (χ0) is 15.6. The lowest BCUT2D eigenvalue weighted by molar-refractivity contribution is -0.162. The van der Waals surface area contributed by atoms with Crippen LogP contribution in [0.2, 0.25) is 0 Å². The molecule has 21 heavy (non-hydrogen) atoms. The molecule has 1 heterocycles. The smallest absolute Gasteiger partial charge is 0.337 e. The van der Waals surface area contributed by atoms with Crippen LogP contribution in [0.25, 0.3) is 0 Å². The van der Waals surface area contributed by atoms with E-state index in [1.807, 2.05) is 0 Å². The van der Waals surface area contributed by atoms with E-state index in [1.165, 1.54) is 14.2 Å². The van der Waals surface area contributed by atoms with Crippen molar-refractivity contribution in [1.82, 2.24) is 0 Å². The monoisotopic (exact) mass is 322 g/mol. The number of ether oxygens (including phenoxy) is 2. The lowest BCUT2D eigenvalue weighted by atomic mass is 10.1. The molecule has 0 spiro atoms. The van der Waals surface area contributed by atoms with E-state index >= 15 is 0 Å². The van der Waals surface area contributed by atoms with E-state index in [2.05, 4.69) is 0 Å².